The van der Waals surface area contributed by atoms with Crippen LogP contribution < -0.4 is 0 Å². The fourth-order valence-electron chi connectivity index (χ4n) is 2.92. The van der Waals surface area contributed by atoms with E-state index in [-0.39, 0.29) is 18.4 Å². The average molecular weight is 344 g/mol. The van der Waals surface area contributed by atoms with Crippen molar-refractivity contribution in [3.05, 3.63) is 35.4 Å². The van der Waals surface area contributed by atoms with Crippen LogP contribution in [0.1, 0.15) is 18.1 Å². The second kappa shape index (κ2) is 7.98. The SMILES string of the molecule is CC(Cc1ccc(C(F)(F)F)cc1)C(=O)N1CCN(CCO)CC1. The molecule has 1 unspecified atom stereocenters. The first-order valence-corrected chi connectivity index (χ1v) is 8.09. The van der Waals surface area contributed by atoms with E-state index in [0.717, 1.165) is 30.8 Å². The number of aliphatic hydroxyl groups excluding tert-OH is 1. The van der Waals surface area contributed by atoms with E-state index in [1.807, 2.05) is 0 Å². The van der Waals surface area contributed by atoms with Crippen LogP contribution in [0.4, 0.5) is 13.2 Å². The number of rotatable bonds is 5. The summed E-state index contributed by atoms with van der Waals surface area (Å²) in [5, 5.41) is 8.92. The van der Waals surface area contributed by atoms with Crippen LogP contribution in [0, 0.1) is 5.92 Å². The molecule has 4 nitrogen and oxygen atoms in total. The second-order valence-corrected chi connectivity index (χ2v) is 6.19. The van der Waals surface area contributed by atoms with Gasteiger partial charge in [0.2, 0.25) is 5.91 Å². The zero-order valence-electron chi connectivity index (χ0n) is 13.7. The van der Waals surface area contributed by atoms with Gasteiger partial charge in [0, 0.05) is 38.6 Å². The summed E-state index contributed by atoms with van der Waals surface area (Å²) in [6, 6.07) is 4.98. The van der Waals surface area contributed by atoms with Gasteiger partial charge in [0.1, 0.15) is 0 Å². The Bertz CT molecular complexity index is 538. The Kier molecular flexibility index (Phi) is 6.23. The third kappa shape index (κ3) is 4.95. The first-order chi connectivity index (χ1) is 11.3. The molecule has 1 aliphatic rings. The molecule has 1 aromatic carbocycles. The Balaban J connectivity index is 1.88. The van der Waals surface area contributed by atoms with Gasteiger partial charge in [0.25, 0.3) is 0 Å². The van der Waals surface area contributed by atoms with Crippen molar-refractivity contribution in [1.29, 1.82) is 0 Å². The Morgan fingerprint density at radius 3 is 2.25 bits per heavy atom. The Labute approximate surface area is 139 Å². The molecule has 0 bridgehead atoms. The number of nitrogens with zero attached hydrogens (tertiary/aromatic N) is 2. The maximum atomic E-state index is 12.6. The van der Waals surface area contributed by atoms with Gasteiger partial charge in [-0.2, -0.15) is 13.2 Å². The van der Waals surface area contributed by atoms with E-state index in [4.69, 9.17) is 5.11 Å². The van der Waals surface area contributed by atoms with Crippen LogP contribution in [0.5, 0.6) is 0 Å². The molecule has 1 fully saturated rings. The lowest BCUT2D eigenvalue weighted by Crippen LogP contribution is -2.50. The van der Waals surface area contributed by atoms with Gasteiger partial charge in [0.05, 0.1) is 12.2 Å². The maximum absolute atomic E-state index is 12.6. The van der Waals surface area contributed by atoms with Crippen LogP contribution in [-0.4, -0.2) is 60.1 Å². The molecule has 0 aliphatic carbocycles. The minimum Gasteiger partial charge on any atom is -0.395 e. The van der Waals surface area contributed by atoms with Crippen molar-refractivity contribution in [3.63, 3.8) is 0 Å². The highest BCUT2D eigenvalue weighted by Gasteiger charge is 2.30. The van der Waals surface area contributed by atoms with Crippen molar-refractivity contribution in [2.75, 3.05) is 39.3 Å². The summed E-state index contributed by atoms with van der Waals surface area (Å²) >= 11 is 0. The molecule has 7 heteroatoms. The molecular weight excluding hydrogens is 321 g/mol. The average Bonchev–Trinajstić information content (AvgIpc) is 2.55. The van der Waals surface area contributed by atoms with Crippen LogP contribution >= 0.6 is 0 Å². The van der Waals surface area contributed by atoms with Gasteiger partial charge in [-0.15, -0.1) is 0 Å². The lowest BCUT2D eigenvalue weighted by Gasteiger charge is -2.35. The van der Waals surface area contributed by atoms with E-state index in [0.29, 0.717) is 26.1 Å². The lowest BCUT2D eigenvalue weighted by atomic mass is 9.98. The molecule has 1 atom stereocenters. The third-order valence-corrected chi connectivity index (χ3v) is 4.34. The quantitative estimate of drug-likeness (QED) is 0.889. The molecule has 1 amide bonds. The number of hydrogen-bond acceptors (Lipinski definition) is 3. The fraction of sp³-hybridized carbons (Fsp3) is 0.588. The molecule has 1 aromatic rings. The molecule has 1 aliphatic heterocycles. The molecule has 0 spiro atoms. The van der Waals surface area contributed by atoms with Crippen molar-refractivity contribution < 1.29 is 23.1 Å². The highest BCUT2D eigenvalue weighted by atomic mass is 19.4. The highest BCUT2D eigenvalue weighted by molar-refractivity contribution is 5.79. The number of hydrogen-bond donors (Lipinski definition) is 1. The predicted octanol–water partition coefficient (Wildman–Crippen LogP) is 2.02. The molecule has 1 heterocycles. The van der Waals surface area contributed by atoms with E-state index in [1.165, 1.54) is 12.1 Å². The summed E-state index contributed by atoms with van der Waals surface area (Å²) in [6.45, 7) is 5.24. The summed E-state index contributed by atoms with van der Waals surface area (Å²) in [7, 11) is 0. The van der Waals surface area contributed by atoms with Gasteiger partial charge in [-0.1, -0.05) is 19.1 Å². The Morgan fingerprint density at radius 2 is 1.75 bits per heavy atom. The third-order valence-electron chi connectivity index (χ3n) is 4.34. The van der Waals surface area contributed by atoms with Gasteiger partial charge in [-0.05, 0) is 24.1 Å². The number of halogens is 3. The topological polar surface area (TPSA) is 43.8 Å². The predicted molar refractivity (Wildman–Crippen MR) is 84.4 cm³/mol. The van der Waals surface area contributed by atoms with Crippen molar-refractivity contribution in [2.45, 2.75) is 19.5 Å². The number of amides is 1. The molecule has 1 N–H and O–H groups in total. The van der Waals surface area contributed by atoms with E-state index in [2.05, 4.69) is 4.90 Å². The second-order valence-electron chi connectivity index (χ2n) is 6.19. The summed E-state index contributed by atoms with van der Waals surface area (Å²) in [4.78, 5) is 16.4. The zero-order chi connectivity index (χ0) is 17.7. The summed E-state index contributed by atoms with van der Waals surface area (Å²) in [5.41, 5.74) is 0.0491. The van der Waals surface area contributed by atoms with E-state index in [9.17, 15) is 18.0 Å². The Morgan fingerprint density at radius 1 is 1.17 bits per heavy atom. The maximum Gasteiger partial charge on any atom is 0.416 e. The summed E-state index contributed by atoms with van der Waals surface area (Å²) in [5.74, 6) is -0.246. The Hall–Kier alpha value is -1.60. The molecule has 0 radical (unpaired) electrons. The first kappa shape index (κ1) is 18.7. The van der Waals surface area contributed by atoms with Crippen molar-refractivity contribution in [1.82, 2.24) is 9.80 Å². The number of β-amino-alcohol motifs (C(OH)–C–C–N with tert-alkyl or cyclic N) is 1. The molecule has 0 saturated carbocycles. The molecule has 2 rings (SSSR count). The largest absolute Gasteiger partial charge is 0.416 e. The molecule has 134 valence electrons. The molecular formula is C17H23F3N2O2. The fourth-order valence-corrected chi connectivity index (χ4v) is 2.92. The highest BCUT2D eigenvalue weighted by Crippen LogP contribution is 2.29. The number of piperazine rings is 1. The van der Waals surface area contributed by atoms with Gasteiger partial charge in [-0.25, -0.2) is 0 Å². The normalized spacial score (nSPS) is 17.8. The van der Waals surface area contributed by atoms with Crippen molar-refractivity contribution in [2.24, 2.45) is 5.92 Å². The zero-order valence-corrected chi connectivity index (χ0v) is 13.7. The number of carbonyl (C=O) groups excluding carboxylic acids is 1. The first-order valence-electron chi connectivity index (χ1n) is 8.09. The molecule has 0 aromatic heterocycles. The van der Waals surface area contributed by atoms with E-state index < -0.39 is 11.7 Å². The van der Waals surface area contributed by atoms with E-state index in [1.54, 1.807) is 11.8 Å². The summed E-state index contributed by atoms with van der Waals surface area (Å²) < 4.78 is 37.7. The minimum atomic E-state index is -4.34. The standard InChI is InChI=1S/C17H23F3N2O2/c1-13(12-14-2-4-15(5-3-14)17(18,19)20)16(24)22-8-6-21(7-9-22)10-11-23/h2-5,13,23H,6-12H2,1H3. The van der Waals surface area contributed by atoms with Crippen LogP contribution in [0.2, 0.25) is 0 Å². The minimum absolute atomic E-state index is 0.0264. The number of carbonyl (C=O) groups is 1. The number of alkyl halides is 3. The van der Waals surface area contributed by atoms with Crippen LogP contribution in [-0.2, 0) is 17.4 Å². The van der Waals surface area contributed by atoms with Crippen LogP contribution in [0.15, 0.2) is 24.3 Å². The monoisotopic (exact) mass is 344 g/mol. The lowest BCUT2D eigenvalue weighted by molar-refractivity contribution is -0.138. The molecule has 24 heavy (non-hydrogen) atoms. The summed E-state index contributed by atoms with van der Waals surface area (Å²) in [6.07, 6.45) is -3.91. The van der Waals surface area contributed by atoms with Crippen molar-refractivity contribution >= 4 is 5.91 Å². The number of benzene rings is 1. The van der Waals surface area contributed by atoms with Crippen LogP contribution in [0.3, 0.4) is 0 Å². The van der Waals surface area contributed by atoms with Crippen molar-refractivity contribution in [3.8, 4) is 0 Å². The molecule has 1 saturated heterocycles. The smallest absolute Gasteiger partial charge is 0.395 e. The number of aliphatic hydroxyl groups is 1. The van der Waals surface area contributed by atoms with Gasteiger partial charge < -0.3 is 10.0 Å². The van der Waals surface area contributed by atoms with Gasteiger partial charge in [0.15, 0.2) is 0 Å². The van der Waals surface area contributed by atoms with Gasteiger partial charge >= 0.3 is 6.18 Å². The van der Waals surface area contributed by atoms with Crippen LogP contribution in [0.25, 0.3) is 0 Å². The van der Waals surface area contributed by atoms with Gasteiger partial charge in [-0.3, -0.25) is 9.69 Å². The van der Waals surface area contributed by atoms with E-state index >= 15 is 0 Å².